The van der Waals surface area contributed by atoms with Crippen molar-refractivity contribution in [3.05, 3.63) is 35.9 Å². The summed E-state index contributed by atoms with van der Waals surface area (Å²) in [6.45, 7) is 12.5. The number of benzene rings is 1. The highest BCUT2D eigenvalue weighted by atomic mass is 16.6. The summed E-state index contributed by atoms with van der Waals surface area (Å²) in [5, 5.41) is 17.6. The van der Waals surface area contributed by atoms with Crippen molar-refractivity contribution < 1.29 is 33.8 Å². The summed E-state index contributed by atoms with van der Waals surface area (Å²) < 4.78 is 10.6. The van der Waals surface area contributed by atoms with E-state index in [9.17, 15) is 24.3 Å². The number of aliphatic hydroxyl groups is 1. The maximum absolute atomic E-state index is 13.2. The van der Waals surface area contributed by atoms with Crippen LogP contribution in [0.25, 0.3) is 0 Å². The molecule has 10 nitrogen and oxygen atoms in total. The molecule has 10 heteroatoms. The number of hydrogen-bond acceptors (Lipinski definition) is 7. The Hall–Kier alpha value is -3.14. The van der Waals surface area contributed by atoms with E-state index in [0.717, 1.165) is 5.56 Å². The van der Waals surface area contributed by atoms with Crippen LogP contribution in [0.1, 0.15) is 73.3 Å². The Labute approximate surface area is 226 Å². The molecule has 0 saturated heterocycles. The summed E-state index contributed by atoms with van der Waals surface area (Å²) in [5.41, 5.74) is 0.0129. The van der Waals surface area contributed by atoms with Gasteiger partial charge in [0.1, 0.15) is 24.3 Å². The summed E-state index contributed by atoms with van der Waals surface area (Å²) in [7, 11) is 0. The summed E-state index contributed by atoms with van der Waals surface area (Å²) in [5.74, 6) is -1.70. The monoisotopic (exact) mass is 535 g/mol. The molecule has 0 aliphatic heterocycles. The van der Waals surface area contributed by atoms with Crippen LogP contribution in [0.15, 0.2) is 30.3 Å². The van der Waals surface area contributed by atoms with Crippen LogP contribution < -0.4 is 16.0 Å². The van der Waals surface area contributed by atoms with E-state index in [0.29, 0.717) is 6.42 Å². The first kappa shape index (κ1) is 32.9. The van der Waals surface area contributed by atoms with Gasteiger partial charge in [0.15, 0.2) is 0 Å². The van der Waals surface area contributed by atoms with E-state index in [2.05, 4.69) is 16.0 Å². The van der Waals surface area contributed by atoms with Crippen molar-refractivity contribution in [3.63, 3.8) is 0 Å². The second kappa shape index (κ2) is 16.0. The molecule has 3 atom stereocenters. The highest BCUT2D eigenvalue weighted by molar-refractivity contribution is 5.93. The Morgan fingerprint density at radius 2 is 1.42 bits per heavy atom. The number of amides is 3. The molecule has 4 N–H and O–H groups in total. The zero-order chi connectivity index (χ0) is 28.9. The van der Waals surface area contributed by atoms with Gasteiger partial charge in [-0.15, -0.1) is 0 Å². The molecule has 0 heterocycles. The average Bonchev–Trinajstić information content (AvgIpc) is 2.80. The second-order valence-electron chi connectivity index (χ2n) is 11.3. The van der Waals surface area contributed by atoms with Gasteiger partial charge in [0.05, 0.1) is 19.1 Å². The van der Waals surface area contributed by atoms with Gasteiger partial charge in [0.2, 0.25) is 11.8 Å². The third-order valence-corrected chi connectivity index (χ3v) is 5.27. The van der Waals surface area contributed by atoms with E-state index >= 15 is 0 Å². The van der Waals surface area contributed by atoms with Crippen molar-refractivity contribution in [2.24, 2.45) is 11.8 Å². The van der Waals surface area contributed by atoms with Gasteiger partial charge < -0.3 is 30.5 Å². The van der Waals surface area contributed by atoms with Crippen LogP contribution in [0.2, 0.25) is 0 Å². The smallest absolute Gasteiger partial charge is 0.408 e. The van der Waals surface area contributed by atoms with Crippen molar-refractivity contribution in [1.82, 2.24) is 16.0 Å². The minimum atomic E-state index is -1.27. The summed E-state index contributed by atoms with van der Waals surface area (Å²) in [6, 6.07) is 6.30. The standard InChI is InChI=1S/C28H45N3O7/c1-18(2)13-21(16-32)29-25(34)23(15-24(33)38-28(5,6)7)30-26(35)22(14-19(3)4)31-27(36)37-17-20-11-9-8-10-12-20/h8-12,18-19,21-23,32H,13-17H2,1-7H3,(H,29,34)(H,30,35)(H,31,36)/t21-,22-,23-/m0/s1. The molecule has 0 aliphatic carbocycles. The fourth-order valence-corrected chi connectivity index (χ4v) is 3.69. The van der Waals surface area contributed by atoms with Crippen LogP contribution in [-0.4, -0.2) is 59.3 Å². The molecular weight excluding hydrogens is 490 g/mol. The van der Waals surface area contributed by atoms with E-state index in [-0.39, 0.29) is 31.5 Å². The number of rotatable bonds is 14. The number of nitrogens with one attached hydrogen (secondary N) is 3. The molecule has 1 aromatic carbocycles. The molecule has 3 amide bonds. The Kier molecular flexibility index (Phi) is 13.8. The summed E-state index contributed by atoms with van der Waals surface area (Å²) in [6.07, 6.45) is -0.401. The van der Waals surface area contributed by atoms with E-state index < -0.39 is 54.0 Å². The van der Waals surface area contributed by atoms with Crippen LogP contribution in [0, 0.1) is 11.8 Å². The predicted molar refractivity (Wildman–Crippen MR) is 144 cm³/mol. The molecule has 0 radical (unpaired) electrons. The van der Waals surface area contributed by atoms with Gasteiger partial charge in [-0.2, -0.15) is 0 Å². The first-order valence-electron chi connectivity index (χ1n) is 13.1. The second-order valence-corrected chi connectivity index (χ2v) is 11.3. The minimum Gasteiger partial charge on any atom is -0.460 e. The molecule has 214 valence electrons. The molecule has 0 bridgehead atoms. The lowest BCUT2D eigenvalue weighted by Crippen LogP contribution is -2.56. The zero-order valence-corrected chi connectivity index (χ0v) is 23.7. The number of esters is 1. The summed E-state index contributed by atoms with van der Waals surface area (Å²) in [4.78, 5) is 51.3. The fraction of sp³-hybridized carbons (Fsp3) is 0.643. The quantitative estimate of drug-likeness (QED) is 0.268. The maximum atomic E-state index is 13.2. The topological polar surface area (TPSA) is 143 Å². The highest BCUT2D eigenvalue weighted by Gasteiger charge is 2.31. The van der Waals surface area contributed by atoms with Crippen molar-refractivity contribution in [1.29, 1.82) is 0 Å². The lowest BCUT2D eigenvalue weighted by molar-refractivity contribution is -0.156. The average molecular weight is 536 g/mol. The van der Waals surface area contributed by atoms with Gasteiger partial charge in [-0.1, -0.05) is 58.0 Å². The Morgan fingerprint density at radius 3 is 1.95 bits per heavy atom. The molecule has 1 aromatic rings. The van der Waals surface area contributed by atoms with Crippen LogP contribution in [-0.2, 0) is 30.5 Å². The predicted octanol–water partition coefficient (Wildman–Crippen LogP) is 3.07. The largest absolute Gasteiger partial charge is 0.460 e. The van der Waals surface area contributed by atoms with E-state index in [4.69, 9.17) is 9.47 Å². The van der Waals surface area contributed by atoms with Crippen LogP contribution in [0.5, 0.6) is 0 Å². The van der Waals surface area contributed by atoms with Crippen molar-refractivity contribution in [2.45, 2.75) is 98.1 Å². The minimum absolute atomic E-state index is 0.0307. The normalized spacial score (nSPS) is 13.8. The Morgan fingerprint density at radius 1 is 0.842 bits per heavy atom. The van der Waals surface area contributed by atoms with E-state index in [1.807, 2.05) is 58.0 Å². The van der Waals surface area contributed by atoms with E-state index in [1.165, 1.54) is 0 Å². The highest BCUT2D eigenvalue weighted by Crippen LogP contribution is 2.12. The van der Waals surface area contributed by atoms with Crippen LogP contribution in [0.4, 0.5) is 4.79 Å². The molecular formula is C28H45N3O7. The first-order valence-corrected chi connectivity index (χ1v) is 13.1. The fourth-order valence-electron chi connectivity index (χ4n) is 3.69. The van der Waals surface area contributed by atoms with Crippen molar-refractivity contribution >= 4 is 23.9 Å². The number of ether oxygens (including phenoxy) is 2. The molecule has 0 unspecified atom stereocenters. The number of aliphatic hydroxyl groups excluding tert-OH is 1. The molecule has 0 spiro atoms. The van der Waals surface area contributed by atoms with Gasteiger partial charge >= 0.3 is 12.1 Å². The zero-order valence-electron chi connectivity index (χ0n) is 23.7. The molecule has 1 rings (SSSR count). The first-order chi connectivity index (χ1) is 17.7. The molecule has 0 aromatic heterocycles. The summed E-state index contributed by atoms with van der Waals surface area (Å²) >= 11 is 0. The molecule has 0 fully saturated rings. The Bertz CT molecular complexity index is 897. The van der Waals surface area contributed by atoms with Crippen molar-refractivity contribution in [2.75, 3.05) is 6.61 Å². The molecule has 0 saturated carbocycles. The SMILES string of the molecule is CC(C)C[C@@H](CO)NC(=O)[C@H](CC(=O)OC(C)(C)C)NC(=O)[C@H](CC(C)C)NC(=O)OCc1ccccc1. The lowest BCUT2D eigenvalue weighted by Gasteiger charge is -2.27. The van der Waals surface area contributed by atoms with Gasteiger partial charge in [-0.3, -0.25) is 14.4 Å². The van der Waals surface area contributed by atoms with Crippen LogP contribution >= 0.6 is 0 Å². The number of carbonyl (C=O) groups is 4. The number of carbonyl (C=O) groups excluding carboxylic acids is 4. The van der Waals surface area contributed by atoms with Gasteiger partial charge in [-0.05, 0) is 51.0 Å². The molecule has 0 aliphatic rings. The molecule has 38 heavy (non-hydrogen) atoms. The van der Waals surface area contributed by atoms with Gasteiger partial charge in [-0.25, -0.2) is 4.79 Å². The number of hydrogen-bond donors (Lipinski definition) is 4. The maximum Gasteiger partial charge on any atom is 0.408 e. The number of alkyl carbamates (subject to hydrolysis) is 1. The van der Waals surface area contributed by atoms with Gasteiger partial charge in [0, 0.05) is 0 Å². The third-order valence-electron chi connectivity index (χ3n) is 5.27. The third kappa shape index (κ3) is 14.0. The van der Waals surface area contributed by atoms with Crippen molar-refractivity contribution in [3.8, 4) is 0 Å². The van der Waals surface area contributed by atoms with Gasteiger partial charge in [0.25, 0.3) is 0 Å². The van der Waals surface area contributed by atoms with Crippen LogP contribution in [0.3, 0.4) is 0 Å². The van der Waals surface area contributed by atoms with E-state index in [1.54, 1.807) is 20.8 Å². The Balaban J connectivity index is 2.99. The lowest BCUT2D eigenvalue weighted by atomic mass is 10.0.